The van der Waals surface area contributed by atoms with E-state index in [0.29, 0.717) is 13.1 Å². The van der Waals surface area contributed by atoms with Gasteiger partial charge in [0.15, 0.2) is 0 Å². The van der Waals surface area contributed by atoms with Crippen LogP contribution in [-0.4, -0.2) is 30.4 Å². The zero-order chi connectivity index (χ0) is 14.9. The lowest BCUT2D eigenvalue weighted by Crippen LogP contribution is -2.37. The summed E-state index contributed by atoms with van der Waals surface area (Å²) >= 11 is 1.67. The Bertz CT molecular complexity index is 525. The van der Waals surface area contributed by atoms with Gasteiger partial charge in [-0.25, -0.2) is 0 Å². The van der Waals surface area contributed by atoms with Gasteiger partial charge in [0.25, 0.3) is 0 Å². The van der Waals surface area contributed by atoms with Gasteiger partial charge in [0, 0.05) is 11.4 Å². The van der Waals surface area contributed by atoms with Gasteiger partial charge in [-0.15, -0.1) is 11.3 Å². The molecule has 4 heteroatoms. The van der Waals surface area contributed by atoms with Gasteiger partial charge in [0.1, 0.15) is 0 Å². The number of carbonyl (C=O) groups is 1. The molecule has 0 bridgehead atoms. The fraction of sp³-hybridized carbons (Fsp3) is 0.353. The molecule has 1 N–H and O–H groups in total. The number of rotatable bonds is 8. The summed E-state index contributed by atoms with van der Waals surface area (Å²) in [6.07, 6.45) is 0.979. The Hall–Kier alpha value is -1.65. The molecule has 1 aromatic carbocycles. The molecule has 0 aliphatic heterocycles. The smallest absolute Gasteiger partial charge is 0.234 e. The van der Waals surface area contributed by atoms with Gasteiger partial charge in [0.2, 0.25) is 5.91 Å². The predicted molar refractivity (Wildman–Crippen MR) is 88.4 cm³/mol. The van der Waals surface area contributed by atoms with E-state index in [0.717, 1.165) is 19.5 Å². The molecule has 1 heterocycles. The first kappa shape index (κ1) is 15.7. The van der Waals surface area contributed by atoms with Crippen LogP contribution in [0.5, 0.6) is 0 Å². The molecular formula is C17H22N2OS. The summed E-state index contributed by atoms with van der Waals surface area (Å²) in [6, 6.07) is 14.4. The van der Waals surface area contributed by atoms with Gasteiger partial charge in [-0.05, 0) is 30.0 Å². The number of benzene rings is 1. The van der Waals surface area contributed by atoms with Crippen LogP contribution in [0, 0.1) is 0 Å². The van der Waals surface area contributed by atoms with Crippen molar-refractivity contribution >= 4 is 17.2 Å². The Balaban J connectivity index is 1.72. The number of likely N-dealkylation sites (N-methyl/N-ethyl adjacent to an activating group) is 1. The summed E-state index contributed by atoms with van der Waals surface area (Å²) in [4.78, 5) is 15.3. The average Bonchev–Trinajstić information content (AvgIpc) is 3.04. The SMILES string of the molecule is CCN(CCc1ccccc1)CC(=O)NCc1cccs1. The highest BCUT2D eigenvalue weighted by atomic mass is 32.1. The number of amides is 1. The molecule has 0 atom stereocenters. The van der Waals surface area contributed by atoms with Gasteiger partial charge >= 0.3 is 0 Å². The number of thiophene rings is 1. The topological polar surface area (TPSA) is 32.3 Å². The largest absolute Gasteiger partial charge is 0.350 e. The van der Waals surface area contributed by atoms with Crippen LogP contribution in [-0.2, 0) is 17.8 Å². The van der Waals surface area contributed by atoms with Gasteiger partial charge in [0.05, 0.1) is 13.1 Å². The maximum Gasteiger partial charge on any atom is 0.234 e. The summed E-state index contributed by atoms with van der Waals surface area (Å²) in [5.74, 6) is 0.0957. The Kier molecular flexibility index (Phi) is 6.44. The summed E-state index contributed by atoms with van der Waals surface area (Å²) in [6.45, 7) is 4.99. The molecule has 1 amide bonds. The van der Waals surface area contributed by atoms with E-state index >= 15 is 0 Å². The Morgan fingerprint density at radius 3 is 2.67 bits per heavy atom. The van der Waals surface area contributed by atoms with E-state index in [1.165, 1.54) is 10.4 Å². The molecule has 0 aliphatic carbocycles. The standard InChI is InChI=1S/C17H22N2OS/c1-2-19(11-10-15-7-4-3-5-8-15)14-17(20)18-13-16-9-6-12-21-16/h3-9,12H,2,10-11,13-14H2,1H3,(H,18,20). The number of nitrogens with zero attached hydrogens (tertiary/aromatic N) is 1. The minimum absolute atomic E-state index is 0.0957. The molecule has 112 valence electrons. The van der Waals surface area contributed by atoms with E-state index in [9.17, 15) is 4.79 Å². The van der Waals surface area contributed by atoms with Crippen molar-refractivity contribution in [3.05, 3.63) is 58.3 Å². The Labute approximate surface area is 130 Å². The normalized spacial score (nSPS) is 10.8. The van der Waals surface area contributed by atoms with Crippen molar-refractivity contribution < 1.29 is 4.79 Å². The summed E-state index contributed by atoms with van der Waals surface area (Å²) < 4.78 is 0. The second-order valence-electron chi connectivity index (χ2n) is 4.96. The third kappa shape index (κ3) is 5.69. The number of carbonyl (C=O) groups excluding carboxylic acids is 1. The van der Waals surface area contributed by atoms with E-state index < -0.39 is 0 Å². The fourth-order valence-electron chi connectivity index (χ4n) is 2.14. The quantitative estimate of drug-likeness (QED) is 0.813. The summed E-state index contributed by atoms with van der Waals surface area (Å²) in [5.41, 5.74) is 1.31. The molecule has 0 spiro atoms. The maximum atomic E-state index is 12.0. The highest BCUT2D eigenvalue weighted by Gasteiger charge is 2.09. The molecule has 0 unspecified atom stereocenters. The third-order valence-electron chi connectivity index (χ3n) is 3.41. The summed E-state index contributed by atoms with van der Waals surface area (Å²) in [7, 11) is 0. The van der Waals surface area contributed by atoms with Gasteiger partial charge in [-0.3, -0.25) is 9.69 Å². The minimum Gasteiger partial charge on any atom is -0.350 e. The highest BCUT2D eigenvalue weighted by Crippen LogP contribution is 2.07. The van der Waals surface area contributed by atoms with Crippen LogP contribution in [0.2, 0.25) is 0 Å². The highest BCUT2D eigenvalue weighted by molar-refractivity contribution is 7.09. The number of nitrogens with one attached hydrogen (secondary N) is 1. The first-order valence-corrected chi connectivity index (χ1v) is 8.21. The number of hydrogen-bond acceptors (Lipinski definition) is 3. The van der Waals surface area contributed by atoms with Crippen LogP contribution in [0.25, 0.3) is 0 Å². The first-order chi connectivity index (χ1) is 10.3. The van der Waals surface area contributed by atoms with Crippen LogP contribution < -0.4 is 5.32 Å². The third-order valence-corrected chi connectivity index (χ3v) is 4.29. The second-order valence-corrected chi connectivity index (χ2v) is 5.99. The van der Waals surface area contributed by atoms with Crippen molar-refractivity contribution in [2.45, 2.75) is 19.9 Å². The molecule has 0 fully saturated rings. The lowest BCUT2D eigenvalue weighted by Gasteiger charge is -2.19. The van der Waals surface area contributed by atoms with E-state index in [4.69, 9.17) is 0 Å². The lowest BCUT2D eigenvalue weighted by atomic mass is 10.1. The molecule has 3 nitrogen and oxygen atoms in total. The van der Waals surface area contributed by atoms with Crippen molar-refractivity contribution in [3.8, 4) is 0 Å². The lowest BCUT2D eigenvalue weighted by molar-refractivity contribution is -0.122. The molecule has 1 aromatic heterocycles. The molecule has 2 aromatic rings. The Morgan fingerprint density at radius 1 is 1.19 bits per heavy atom. The van der Waals surface area contributed by atoms with Gasteiger partial charge in [-0.2, -0.15) is 0 Å². The van der Waals surface area contributed by atoms with Crippen molar-refractivity contribution in [1.29, 1.82) is 0 Å². The van der Waals surface area contributed by atoms with E-state index in [-0.39, 0.29) is 5.91 Å². The van der Waals surface area contributed by atoms with Crippen LogP contribution >= 0.6 is 11.3 Å². The van der Waals surface area contributed by atoms with E-state index in [1.807, 2.05) is 23.6 Å². The van der Waals surface area contributed by atoms with Crippen LogP contribution in [0.4, 0.5) is 0 Å². The van der Waals surface area contributed by atoms with Crippen molar-refractivity contribution in [2.75, 3.05) is 19.6 Å². The van der Waals surface area contributed by atoms with Crippen LogP contribution in [0.3, 0.4) is 0 Å². The molecule has 0 saturated carbocycles. The Morgan fingerprint density at radius 2 is 2.00 bits per heavy atom. The van der Waals surface area contributed by atoms with Crippen molar-refractivity contribution in [1.82, 2.24) is 10.2 Å². The predicted octanol–water partition coefficient (Wildman–Crippen LogP) is 2.93. The number of hydrogen-bond donors (Lipinski definition) is 1. The minimum atomic E-state index is 0.0957. The first-order valence-electron chi connectivity index (χ1n) is 7.33. The maximum absolute atomic E-state index is 12.0. The second kappa shape index (κ2) is 8.60. The molecule has 21 heavy (non-hydrogen) atoms. The molecule has 0 aliphatic rings. The monoisotopic (exact) mass is 302 g/mol. The van der Waals surface area contributed by atoms with E-state index in [2.05, 4.69) is 41.4 Å². The zero-order valence-corrected chi connectivity index (χ0v) is 13.2. The molecule has 0 radical (unpaired) electrons. The van der Waals surface area contributed by atoms with Crippen LogP contribution in [0.1, 0.15) is 17.4 Å². The van der Waals surface area contributed by atoms with Crippen molar-refractivity contribution in [2.24, 2.45) is 0 Å². The van der Waals surface area contributed by atoms with Crippen molar-refractivity contribution in [3.63, 3.8) is 0 Å². The van der Waals surface area contributed by atoms with Gasteiger partial charge < -0.3 is 5.32 Å². The van der Waals surface area contributed by atoms with Crippen LogP contribution in [0.15, 0.2) is 47.8 Å². The van der Waals surface area contributed by atoms with Gasteiger partial charge in [-0.1, -0.05) is 43.3 Å². The molecular weight excluding hydrogens is 280 g/mol. The summed E-state index contributed by atoms with van der Waals surface area (Å²) in [5, 5.41) is 5.01. The van der Waals surface area contributed by atoms with E-state index in [1.54, 1.807) is 11.3 Å². The fourth-order valence-corrected chi connectivity index (χ4v) is 2.78. The average molecular weight is 302 g/mol. The molecule has 0 saturated heterocycles. The molecule has 2 rings (SSSR count). The zero-order valence-electron chi connectivity index (χ0n) is 12.4.